The maximum absolute atomic E-state index is 11.7. The predicted molar refractivity (Wildman–Crippen MR) is 63.1 cm³/mol. The van der Waals surface area contributed by atoms with Crippen LogP contribution in [0, 0.1) is 0 Å². The van der Waals surface area contributed by atoms with E-state index in [0.717, 1.165) is 0 Å². The van der Waals surface area contributed by atoms with Crippen LogP contribution in [0.5, 0.6) is 0 Å². The average Bonchev–Trinajstić information content (AvgIpc) is 2.35. The van der Waals surface area contributed by atoms with E-state index in [1.165, 1.54) is 11.8 Å². The van der Waals surface area contributed by atoms with Crippen molar-refractivity contribution < 1.29 is 24.2 Å². The van der Waals surface area contributed by atoms with E-state index < -0.39 is 24.0 Å². The number of amides is 1. The summed E-state index contributed by atoms with van der Waals surface area (Å²) in [7, 11) is 0. The summed E-state index contributed by atoms with van der Waals surface area (Å²) in [4.78, 5) is 22.6. The third kappa shape index (κ3) is 4.93. The van der Waals surface area contributed by atoms with Gasteiger partial charge in [-0.15, -0.1) is 0 Å². The lowest BCUT2D eigenvalue weighted by atomic mass is 10.2. The number of hydrogen-bond acceptors (Lipinski definition) is 5. The quantitative estimate of drug-likeness (QED) is 0.686. The van der Waals surface area contributed by atoms with Gasteiger partial charge in [-0.1, -0.05) is 0 Å². The number of carbonyl (C=O) groups excluding carboxylic acids is 1. The molecule has 1 fully saturated rings. The zero-order valence-corrected chi connectivity index (χ0v) is 10.5. The Labute approximate surface area is 104 Å². The zero-order chi connectivity index (χ0) is 12.7. The van der Waals surface area contributed by atoms with Crippen molar-refractivity contribution in [3.63, 3.8) is 0 Å². The maximum atomic E-state index is 11.7. The van der Waals surface area contributed by atoms with E-state index in [4.69, 9.17) is 14.6 Å². The molecule has 0 aromatic heterocycles. The second kappa shape index (κ2) is 7.52. The largest absolute Gasteiger partial charge is 0.480 e. The van der Waals surface area contributed by atoms with Gasteiger partial charge in [-0.2, -0.15) is 11.8 Å². The molecule has 1 heterocycles. The molecule has 17 heavy (non-hydrogen) atoms. The first-order chi connectivity index (χ1) is 8.15. The Bertz CT molecular complexity index is 267. The molecule has 98 valence electrons. The first-order valence-electron chi connectivity index (χ1n) is 5.36. The second-order valence-electron chi connectivity index (χ2n) is 3.62. The van der Waals surface area contributed by atoms with Gasteiger partial charge in [0.1, 0.15) is 6.04 Å². The molecule has 1 rings (SSSR count). The molecule has 0 spiro atoms. The van der Waals surface area contributed by atoms with E-state index in [2.05, 4.69) is 5.32 Å². The monoisotopic (exact) mass is 263 g/mol. The van der Waals surface area contributed by atoms with Gasteiger partial charge in [0.2, 0.25) is 0 Å². The molecule has 0 aromatic rings. The lowest BCUT2D eigenvalue weighted by molar-refractivity contribution is -0.152. The number of nitrogens with one attached hydrogen (secondary N) is 1. The fourth-order valence-electron chi connectivity index (χ4n) is 1.40. The zero-order valence-electron chi connectivity index (χ0n) is 9.68. The van der Waals surface area contributed by atoms with Gasteiger partial charge in [0.05, 0.1) is 19.8 Å². The van der Waals surface area contributed by atoms with E-state index in [-0.39, 0.29) is 6.61 Å². The summed E-state index contributed by atoms with van der Waals surface area (Å²) in [6.07, 6.45) is 1.59. The number of ether oxygens (including phenoxy) is 2. The minimum atomic E-state index is -1.02. The Kier molecular flexibility index (Phi) is 6.31. The third-order valence-corrected chi connectivity index (χ3v) is 2.98. The first kappa shape index (κ1) is 14.3. The highest BCUT2D eigenvalue weighted by molar-refractivity contribution is 7.98. The predicted octanol–water partition coefficient (Wildman–Crippen LogP) is -0.276. The molecule has 6 nitrogen and oxygen atoms in total. The van der Waals surface area contributed by atoms with Crippen molar-refractivity contribution >= 4 is 23.6 Å². The molecule has 2 unspecified atom stereocenters. The summed E-state index contributed by atoms with van der Waals surface area (Å²) >= 11 is 1.54. The summed E-state index contributed by atoms with van der Waals surface area (Å²) in [5.74, 6) is -0.762. The molecule has 1 saturated heterocycles. The molecule has 0 bridgehead atoms. The average molecular weight is 263 g/mol. The van der Waals surface area contributed by atoms with Crippen molar-refractivity contribution in [3.05, 3.63) is 0 Å². The standard InChI is InChI=1S/C10H17NO5S/c1-17-5-2-7(10(13)14)11-9(12)8-6-15-3-4-16-8/h7-8H,2-6H2,1H3,(H,11,12)(H,13,14). The van der Waals surface area contributed by atoms with Crippen LogP contribution in [-0.4, -0.2) is 61.0 Å². The number of hydrogen-bond donors (Lipinski definition) is 2. The highest BCUT2D eigenvalue weighted by atomic mass is 32.2. The van der Waals surface area contributed by atoms with E-state index in [1.54, 1.807) is 0 Å². The van der Waals surface area contributed by atoms with Crippen LogP contribution in [0.2, 0.25) is 0 Å². The lowest BCUT2D eigenvalue weighted by Crippen LogP contribution is -2.49. The van der Waals surface area contributed by atoms with Gasteiger partial charge in [-0.25, -0.2) is 4.79 Å². The second-order valence-corrected chi connectivity index (χ2v) is 4.60. The molecule has 0 aromatic carbocycles. The Hall–Kier alpha value is -0.790. The normalized spacial score (nSPS) is 21.8. The Balaban J connectivity index is 2.42. The third-order valence-electron chi connectivity index (χ3n) is 2.33. The van der Waals surface area contributed by atoms with Crippen LogP contribution in [-0.2, 0) is 19.1 Å². The van der Waals surface area contributed by atoms with Crippen molar-refractivity contribution in [2.24, 2.45) is 0 Å². The van der Waals surface area contributed by atoms with Crippen LogP contribution < -0.4 is 5.32 Å². The van der Waals surface area contributed by atoms with E-state index >= 15 is 0 Å². The molecular weight excluding hydrogens is 246 g/mol. The van der Waals surface area contributed by atoms with Gasteiger partial charge in [-0.3, -0.25) is 4.79 Å². The SMILES string of the molecule is CSCCC(NC(=O)C1COCCO1)C(=O)O. The first-order valence-corrected chi connectivity index (χ1v) is 6.76. The van der Waals surface area contributed by atoms with Crippen molar-refractivity contribution in [1.82, 2.24) is 5.32 Å². The summed E-state index contributed by atoms with van der Waals surface area (Å²) in [6, 6.07) is -0.861. The molecule has 2 N–H and O–H groups in total. The van der Waals surface area contributed by atoms with Crippen molar-refractivity contribution in [1.29, 1.82) is 0 Å². The molecule has 0 aliphatic carbocycles. The topological polar surface area (TPSA) is 84.9 Å². The number of thioether (sulfide) groups is 1. The highest BCUT2D eigenvalue weighted by Gasteiger charge is 2.27. The molecule has 1 amide bonds. The Morgan fingerprint density at radius 2 is 2.29 bits per heavy atom. The minimum Gasteiger partial charge on any atom is -0.480 e. The molecule has 1 aliphatic heterocycles. The number of rotatable bonds is 6. The van der Waals surface area contributed by atoms with Gasteiger partial charge < -0.3 is 19.9 Å². The Morgan fingerprint density at radius 1 is 1.53 bits per heavy atom. The fraction of sp³-hybridized carbons (Fsp3) is 0.800. The minimum absolute atomic E-state index is 0.181. The molecule has 0 radical (unpaired) electrons. The fourth-order valence-corrected chi connectivity index (χ4v) is 1.87. The summed E-state index contributed by atoms with van der Waals surface area (Å²) in [5.41, 5.74) is 0. The molecule has 2 atom stereocenters. The highest BCUT2D eigenvalue weighted by Crippen LogP contribution is 2.04. The maximum Gasteiger partial charge on any atom is 0.326 e. The van der Waals surface area contributed by atoms with Gasteiger partial charge in [-0.05, 0) is 18.4 Å². The molecule has 1 aliphatic rings. The molecule has 7 heteroatoms. The van der Waals surface area contributed by atoms with Crippen molar-refractivity contribution in [3.8, 4) is 0 Å². The van der Waals surface area contributed by atoms with Crippen LogP contribution in [0.15, 0.2) is 0 Å². The van der Waals surface area contributed by atoms with Gasteiger partial charge in [0.15, 0.2) is 6.10 Å². The number of carboxylic acids is 1. The summed E-state index contributed by atoms with van der Waals surface area (Å²) in [6.45, 7) is 1.01. The van der Waals surface area contributed by atoms with Gasteiger partial charge in [0.25, 0.3) is 5.91 Å². The van der Waals surface area contributed by atoms with E-state index in [0.29, 0.717) is 25.4 Å². The summed E-state index contributed by atoms with van der Waals surface area (Å²) < 4.78 is 10.3. The lowest BCUT2D eigenvalue weighted by Gasteiger charge is -2.23. The van der Waals surface area contributed by atoms with Crippen LogP contribution in [0.1, 0.15) is 6.42 Å². The van der Waals surface area contributed by atoms with E-state index in [9.17, 15) is 9.59 Å². The van der Waals surface area contributed by atoms with Crippen LogP contribution >= 0.6 is 11.8 Å². The number of aliphatic carboxylic acids is 1. The van der Waals surface area contributed by atoms with Crippen molar-refractivity contribution in [2.75, 3.05) is 31.8 Å². The van der Waals surface area contributed by atoms with Crippen molar-refractivity contribution in [2.45, 2.75) is 18.6 Å². The number of carboxylic acid groups (broad SMARTS) is 1. The van der Waals surface area contributed by atoms with E-state index in [1.807, 2.05) is 6.26 Å². The van der Waals surface area contributed by atoms with Gasteiger partial charge >= 0.3 is 5.97 Å². The van der Waals surface area contributed by atoms with Gasteiger partial charge in [0, 0.05) is 0 Å². The van der Waals surface area contributed by atoms with Crippen LogP contribution in [0.4, 0.5) is 0 Å². The van der Waals surface area contributed by atoms with Crippen LogP contribution in [0.25, 0.3) is 0 Å². The summed E-state index contributed by atoms with van der Waals surface area (Å²) in [5, 5.41) is 11.4. The van der Waals surface area contributed by atoms with Crippen LogP contribution in [0.3, 0.4) is 0 Å². The molecule has 0 saturated carbocycles. The number of carbonyl (C=O) groups is 2. The Morgan fingerprint density at radius 3 is 2.82 bits per heavy atom. The smallest absolute Gasteiger partial charge is 0.326 e. The molecular formula is C10H17NO5S.